The summed E-state index contributed by atoms with van der Waals surface area (Å²) in [5.41, 5.74) is 1.43. The SMILES string of the molecule is CN(C)c1ccc(NS(=O)(=O)c2ccc3c(c2)c(=O)sn3C)c(NS(=O)(=O)c2cccs2)c1. The lowest BCUT2D eigenvalue weighted by molar-refractivity contribution is 0.599. The van der Waals surface area contributed by atoms with Crippen molar-refractivity contribution >= 4 is 70.9 Å². The van der Waals surface area contributed by atoms with Gasteiger partial charge in [0.15, 0.2) is 0 Å². The van der Waals surface area contributed by atoms with Crippen LogP contribution in [-0.4, -0.2) is 34.9 Å². The minimum Gasteiger partial charge on any atom is -0.378 e. The second kappa shape index (κ2) is 8.48. The molecule has 0 unspecified atom stereocenters. The average Bonchev–Trinajstić information content (AvgIpc) is 3.38. The lowest BCUT2D eigenvalue weighted by Crippen LogP contribution is -2.18. The zero-order chi connectivity index (χ0) is 24.0. The van der Waals surface area contributed by atoms with E-state index in [0.29, 0.717) is 16.6 Å². The molecule has 0 aliphatic heterocycles. The third kappa shape index (κ3) is 4.62. The first-order chi connectivity index (χ1) is 15.5. The van der Waals surface area contributed by atoms with Gasteiger partial charge in [-0.15, -0.1) is 11.3 Å². The molecule has 9 nitrogen and oxygen atoms in total. The third-order valence-corrected chi connectivity index (χ3v) is 9.81. The Bertz CT molecular complexity index is 1600. The predicted molar refractivity (Wildman–Crippen MR) is 134 cm³/mol. The fourth-order valence-electron chi connectivity index (χ4n) is 3.14. The van der Waals surface area contributed by atoms with Crippen molar-refractivity contribution < 1.29 is 16.8 Å². The van der Waals surface area contributed by atoms with Gasteiger partial charge in [0.05, 0.1) is 27.2 Å². The van der Waals surface area contributed by atoms with E-state index in [9.17, 15) is 21.6 Å². The van der Waals surface area contributed by atoms with Gasteiger partial charge in [-0.1, -0.05) is 6.07 Å². The molecule has 4 aromatic rings. The van der Waals surface area contributed by atoms with Crippen LogP contribution in [0.2, 0.25) is 0 Å². The van der Waals surface area contributed by atoms with E-state index in [4.69, 9.17) is 0 Å². The quantitative estimate of drug-likeness (QED) is 0.383. The summed E-state index contributed by atoms with van der Waals surface area (Å²) in [5, 5.41) is 1.94. The highest BCUT2D eigenvalue weighted by Gasteiger charge is 2.22. The molecule has 13 heteroatoms. The van der Waals surface area contributed by atoms with Gasteiger partial charge in [-0.2, -0.15) is 0 Å². The fourth-order valence-corrected chi connectivity index (χ4v) is 7.08. The molecule has 33 heavy (non-hydrogen) atoms. The number of rotatable bonds is 7. The number of nitrogens with zero attached hydrogens (tertiary/aromatic N) is 2. The maximum Gasteiger partial charge on any atom is 0.271 e. The number of hydrogen-bond acceptors (Lipinski definition) is 8. The van der Waals surface area contributed by atoms with Crippen LogP contribution in [0.3, 0.4) is 0 Å². The summed E-state index contributed by atoms with van der Waals surface area (Å²) in [6, 6.07) is 12.1. The third-order valence-electron chi connectivity index (χ3n) is 4.83. The first kappa shape index (κ1) is 23.3. The first-order valence-corrected chi connectivity index (χ1v) is 14.1. The van der Waals surface area contributed by atoms with E-state index >= 15 is 0 Å². The Balaban J connectivity index is 1.75. The van der Waals surface area contributed by atoms with Crippen LogP contribution in [0.1, 0.15) is 0 Å². The Morgan fingerprint density at radius 3 is 2.30 bits per heavy atom. The van der Waals surface area contributed by atoms with Gasteiger partial charge in [0, 0.05) is 26.8 Å². The first-order valence-electron chi connectivity index (χ1n) is 9.48. The molecule has 0 aliphatic carbocycles. The maximum atomic E-state index is 13.1. The van der Waals surface area contributed by atoms with Gasteiger partial charge < -0.3 is 4.90 Å². The lowest BCUT2D eigenvalue weighted by atomic mass is 10.2. The van der Waals surface area contributed by atoms with Crippen LogP contribution in [0.15, 0.2) is 67.8 Å². The van der Waals surface area contributed by atoms with Crippen LogP contribution in [-0.2, 0) is 27.1 Å². The van der Waals surface area contributed by atoms with Crippen LogP contribution in [0.25, 0.3) is 10.9 Å². The van der Waals surface area contributed by atoms with Gasteiger partial charge in [-0.25, -0.2) is 16.8 Å². The van der Waals surface area contributed by atoms with E-state index in [1.807, 2.05) is 0 Å². The van der Waals surface area contributed by atoms with Gasteiger partial charge in [0.1, 0.15) is 4.21 Å². The minimum atomic E-state index is -4.12. The molecule has 2 aromatic carbocycles. The van der Waals surface area contributed by atoms with Crippen molar-refractivity contribution in [3.8, 4) is 0 Å². The van der Waals surface area contributed by atoms with Crippen molar-refractivity contribution in [2.24, 2.45) is 7.05 Å². The second-order valence-corrected chi connectivity index (χ2v) is 13.0. The molecule has 2 heterocycles. The standard InChI is InChI=1S/C20H20N4O5S4/c1-23(2)13-6-8-16(17(11-13)22-33(28,29)19-5-4-10-30-19)21-32(26,27)14-7-9-18-15(12-14)20(25)31-24(18)3/h4-12,21-22H,1-3H3. The second-order valence-electron chi connectivity index (χ2n) is 7.32. The zero-order valence-electron chi connectivity index (χ0n) is 17.8. The number of anilines is 3. The highest BCUT2D eigenvalue weighted by molar-refractivity contribution is 7.94. The van der Waals surface area contributed by atoms with E-state index < -0.39 is 20.0 Å². The van der Waals surface area contributed by atoms with E-state index in [0.717, 1.165) is 22.9 Å². The largest absolute Gasteiger partial charge is 0.378 e. The molecule has 0 atom stereocenters. The van der Waals surface area contributed by atoms with Crippen LogP contribution in [0.5, 0.6) is 0 Å². The van der Waals surface area contributed by atoms with Gasteiger partial charge in [-0.05, 0) is 59.4 Å². The Labute approximate surface area is 199 Å². The Morgan fingerprint density at radius 1 is 0.909 bits per heavy atom. The molecule has 0 spiro atoms. The highest BCUT2D eigenvalue weighted by Crippen LogP contribution is 2.32. The van der Waals surface area contributed by atoms with Crippen LogP contribution in [0.4, 0.5) is 17.1 Å². The van der Waals surface area contributed by atoms with Gasteiger partial charge in [0.2, 0.25) is 0 Å². The topological polar surface area (TPSA) is 118 Å². The Morgan fingerprint density at radius 2 is 1.64 bits per heavy atom. The van der Waals surface area contributed by atoms with Crippen molar-refractivity contribution in [1.29, 1.82) is 0 Å². The monoisotopic (exact) mass is 524 g/mol. The van der Waals surface area contributed by atoms with E-state index in [1.54, 1.807) is 59.6 Å². The number of nitrogens with one attached hydrogen (secondary N) is 2. The number of benzene rings is 2. The molecule has 0 radical (unpaired) electrons. The van der Waals surface area contributed by atoms with Gasteiger partial charge in [0.25, 0.3) is 24.8 Å². The summed E-state index contributed by atoms with van der Waals surface area (Å²) in [4.78, 5) is 13.8. The molecule has 0 aliphatic rings. The van der Waals surface area contributed by atoms with Crippen molar-refractivity contribution in [2.45, 2.75) is 9.10 Å². The molecule has 2 aromatic heterocycles. The smallest absolute Gasteiger partial charge is 0.271 e. The molecule has 0 saturated carbocycles. The summed E-state index contributed by atoms with van der Waals surface area (Å²) < 4.78 is 58.3. The molecular formula is C20H20N4O5S4. The molecule has 0 bridgehead atoms. The Kier molecular flexibility index (Phi) is 5.99. The van der Waals surface area contributed by atoms with Crippen molar-refractivity contribution in [2.75, 3.05) is 28.4 Å². The zero-order valence-corrected chi connectivity index (χ0v) is 21.0. The van der Waals surface area contributed by atoms with Crippen LogP contribution >= 0.6 is 22.9 Å². The number of sulfonamides is 2. The minimum absolute atomic E-state index is 0.0547. The fraction of sp³-hybridized carbons (Fsp3) is 0.150. The molecule has 4 rings (SSSR count). The van der Waals surface area contributed by atoms with Crippen LogP contribution in [0, 0.1) is 0 Å². The van der Waals surface area contributed by atoms with Gasteiger partial charge in [-0.3, -0.25) is 18.2 Å². The predicted octanol–water partition coefficient (Wildman–Crippen LogP) is 3.33. The van der Waals surface area contributed by atoms with Crippen LogP contribution < -0.4 is 19.1 Å². The Hall–Kier alpha value is -2.87. The average molecular weight is 525 g/mol. The van der Waals surface area contributed by atoms with Crippen molar-refractivity contribution in [3.63, 3.8) is 0 Å². The number of hydrogen-bond donors (Lipinski definition) is 2. The number of fused-ring (bicyclic) bond motifs is 1. The summed E-state index contributed by atoms with van der Waals surface area (Å²) in [7, 11) is -2.74. The highest BCUT2D eigenvalue weighted by atomic mass is 32.2. The number of aryl methyl sites for hydroxylation is 1. The van der Waals surface area contributed by atoms with E-state index in [1.165, 1.54) is 24.3 Å². The molecule has 2 N–H and O–H groups in total. The number of thiophene rings is 1. The molecule has 174 valence electrons. The van der Waals surface area contributed by atoms with Gasteiger partial charge >= 0.3 is 0 Å². The maximum absolute atomic E-state index is 13.1. The summed E-state index contributed by atoms with van der Waals surface area (Å²) in [5.74, 6) is 0. The van der Waals surface area contributed by atoms with Crippen molar-refractivity contribution in [1.82, 2.24) is 3.96 Å². The number of aromatic nitrogens is 1. The van der Waals surface area contributed by atoms with Crippen molar-refractivity contribution in [3.05, 3.63) is 63.4 Å². The molecule has 0 amide bonds. The van der Waals surface area contributed by atoms with E-state index in [-0.39, 0.29) is 25.2 Å². The molecule has 0 saturated heterocycles. The molecule has 0 fully saturated rings. The summed E-state index contributed by atoms with van der Waals surface area (Å²) in [6.07, 6.45) is 0. The summed E-state index contributed by atoms with van der Waals surface area (Å²) in [6.45, 7) is 0. The lowest BCUT2D eigenvalue weighted by Gasteiger charge is -2.18. The molecular weight excluding hydrogens is 505 g/mol. The van der Waals surface area contributed by atoms with E-state index in [2.05, 4.69) is 9.44 Å². The normalized spacial score (nSPS) is 12.1. The summed E-state index contributed by atoms with van der Waals surface area (Å²) >= 11 is 2.03.